The molecule has 1 N–H and O–H groups in total. The van der Waals surface area contributed by atoms with Crippen molar-refractivity contribution < 1.29 is 0 Å². The van der Waals surface area contributed by atoms with E-state index < -0.39 is 0 Å². The smallest absolute Gasteiger partial charge is 0.0410 e. The summed E-state index contributed by atoms with van der Waals surface area (Å²) in [6, 6.07) is 3.74. The van der Waals surface area contributed by atoms with Gasteiger partial charge >= 0.3 is 0 Å². The average molecular weight is 267 g/mol. The molecule has 2 fully saturated rings. The van der Waals surface area contributed by atoms with Gasteiger partial charge in [-0.05, 0) is 59.2 Å². The molecule has 0 spiro atoms. The van der Waals surface area contributed by atoms with Crippen LogP contribution in [-0.4, -0.2) is 17.1 Å². The molecule has 1 unspecified atom stereocenters. The molecule has 2 aliphatic heterocycles. The molecule has 1 aromatic rings. The lowest BCUT2D eigenvalue weighted by molar-refractivity contribution is 0.363. The molecule has 0 aliphatic carbocycles. The summed E-state index contributed by atoms with van der Waals surface area (Å²) >= 11 is 3.50. The molecule has 2 bridgehead atoms. The SMILES string of the molecule is Brc1cncc(C2C[C@H]3CC[C@@H](C2)N3)c1. The van der Waals surface area contributed by atoms with Crippen molar-refractivity contribution in [2.24, 2.45) is 0 Å². The van der Waals surface area contributed by atoms with E-state index in [9.17, 15) is 0 Å². The van der Waals surface area contributed by atoms with Gasteiger partial charge in [0.1, 0.15) is 0 Å². The predicted octanol–water partition coefficient (Wildman–Crippen LogP) is 2.84. The van der Waals surface area contributed by atoms with Crippen molar-refractivity contribution in [3.63, 3.8) is 0 Å². The zero-order valence-corrected chi connectivity index (χ0v) is 10.2. The molecule has 0 saturated carbocycles. The molecule has 15 heavy (non-hydrogen) atoms. The first kappa shape index (κ1) is 9.79. The van der Waals surface area contributed by atoms with Gasteiger partial charge in [0.05, 0.1) is 0 Å². The minimum Gasteiger partial charge on any atom is -0.311 e. The molecule has 0 amide bonds. The topological polar surface area (TPSA) is 24.9 Å². The Bertz CT molecular complexity index is 354. The molecule has 3 atom stereocenters. The van der Waals surface area contributed by atoms with Crippen LogP contribution in [0.15, 0.2) is 22.9 Å². The summed E-state index contributed by atoms with van der Waals surface area (Å²) in [5.74, 6) is 0.716. The summed E-state index contributed by atoms with van der Waals surface area (Å²) in [6.45, 7) is 0. The first-order chi connectivity index (χ1) is 7.31. The first-order valence-electron chi connectivity index (χ1n) is 5.68. The maximum Gasteiger partial charge on any atom is 0.0410 e. The van der Waals surface area contributed by atoms with E-state index in [2.05, 4.69) is 32.3 Å². The van der Waals surface area contributed by atoms with Gasteiger partial charge in [0.25, 0.3) is 0 Å². The van der Waals surface area contributed by atoms with Crippen LogP contribution in [0, 0.1) is 0 Å². The molecular formula is C12H15BrN2. The number of hydrogen-bond donors (Lipinski definition) is 1. The molecule has 2 saturated heterocycles. The van der Waals surface area contributed by atoms with Gasteiger partial charge in [-0.3, -0.25) is 4.98 Å². The van der Waals surface area contributed by atoms with Gasteiger partial charge in [0, 0.05) is 29.0 Å². The monoisotopic (exact) mass is 266 g/mol. The Morgan fingerprint density at radius 2 is 1.93 bits per heavy atom. The van der Waals surface area contributed by atoms with Gasteiger partial charge in [-0.1, -0.05) is 0 Å². The molecule has 80 valence electrons. The minimum absolute atomic E-state index is 0.716. The van der Waals surface area contributed by atoms with Crippen molar-refractivity contribution in [1.82, 2.24) is 10.3 Å². The Morgan fingerprint density at radius 1 is 1.20 bits per heavy atom. The quantitative estimate of drug-likeness (QED) is 0.846. The van der Waals surface area contributed by atoms with Gasteiger partial charge in [0.15, 0.2) is 0 Å². The van der Waals surface area contributed by atoms with Crippen LogP contribution in [0.25, 0.3) is 0 Å². The second-order valence-corrected chi connectivity index (χ2v) is 5.66. The van der Waals surface area contributed by atoms with E-state index in [4.69, 9.17) is 0 Å². The Morgan fingerprint density at radius 3 is 2.60 bits per heavy atom. The number of pyridine rings is 1. The van der Waals surface area contributed by atoms with Gasteiger partial charge in [-0.25, -0.2) is 0 Å². The lowest BCUT2D eigenvalue weighted by atomic mass is 9.87. The average Bonchev–Trinajstić information content (AvgIpc) is 2.58. The molecular weight excluding hydrogens is 252 g/mol. The third-order valence-electron chi connectivity index (χ3n) is 3.67. The number of rotatable bonds is 1. The Balaban J connectivity index is 1.83. The largest absolute Gasteiger partial charge is 0.311 e. The molecule has 3 rings (SSSR count). The number of halogens is 1. The lowest BCUT2D eigenvalue weighted by Gasteiger charge is -2.29. The fourth-order valence-corrected chi connectivity index (χ4v) is 3.36. The van der Waals surface area contributed by atoms with Gasteiger partial charge in [-0.2, -0.15) is 0 Å². The van der Waals surface area contributed by atoms with E-state index >= 15 is 0 Å². The highest BCUT2D eigenvalue weighted by atomic mass is 79.9. The normalized spacial score (nSPS) is 34.3. The maximum absolute atomic E-state index is 4.26. The van der Waals surface area contributed by atoms with E-state index in [-0.39, 0.29) is 0 Å². The van der Waals surface area contributed by atoms with Crippen molar-refractivity contribution in [3.05, 3.63) is 28.5 Å². The summed E-state index contributed by atoms with van der Waals surface area (Å²) < 4.78 is 1.10. The Labute approximate surface area is 98.6 Å². The minimum atomic E-state index is 0.716. The van der Waals surface area contributed by atoms with Crippen molar-refractivity contribution in [1.29, 1.82) is 0 Å². The molecule has 0 radical (unpaired) electrons. The zero-order chi connectivity index (χ0) is 10.3. The third-order valence-corrected chi connectivity index (χ3v) is 4.10. The van der Waals surface area contributed by atoms with Crippen molar-refractivity contribution in [2.75, 3.05) is 0 Å². The molecule has 1 aromatic heterocycles. The molecule has 2 nitrogen and oxygen atoms in total. The number of nitrogens with zero attached hydrogens (tertiary/aromatic N) is 1. The van der Waals surface area contributed by atoms with Crippen LogP contribution in [-0.2, 0) is 0 Å². The first-order valence-corrected chi connectivity index (χ1v) is 6.47. The number of piperidine rings is 1. The second kappa shape index (κ2) is 3.87. The van der Waals surface area contributed by atoms with Crippen molar-refractivity contribution in [2.45, 2.75) is 43.7 Å². The third kappa shape index (κ3) is 1.95. The van der Waals surface area contributed by atoms with Crippen LogP contribution in [0.5, 0.6) is 0 Å². The Kier molecular flexibility index (Phi) is 2.53. The van der Waals surface area contributed by atoms with E-state index in [1.165, 1.54) is 31.2 Å². The van der Waals surface area contributed by atoms with Crippen LogP contribution in [0.3, 0.4) is 0 Å². The van der Waals surface area contributed by atoms with Crippen LogP contribution in [0.2, 0.25) is 0 Å². The second-order valence-electron chi connectivity index (χ2n) is 4.74. The van der Waals surface area contributed by atoms with Crippen molar-refractivity contribution in [3.8, 4) is 0 Å². The van der Waals surface area contributed by atoms with Crippen molar-refractivity contribution >= 4 is 15.9 Å². The molecule has 3 heterocycles. The lowest BCUT2D eigenvalue weighted by Crippen LogP contribution is -2.37. The van der Waals surface area contributed by atoms with Crippen LogP contribution in [0.4, 0.5) is 0 Å². The van der Waals surface area contributed by atoms with Crippen LogP contribution in [0.1, 0.15) is 37.2 Å². The highest BCUT2D eigenvalue weighted by Gasteiger charge is 2.34. The van der Waals surface area contributed by atoms with Gasteiger partial charge in [-0.15, -0.1) is 0 Å². The van der Waals surface area contributed by atoms with Crippen LogP contribution < -0.4 is 5.32 Å². The van der Waals surface area contributed by atoms with E-state index in [1.54, 1.807) is 0 Å². The van der Waals surface area contributed by atoms with Gasteiger partial charge < -0.3 is 5.32 Å². The summed E-state index contributed by atoms with van der Waals surface area (Å²) in [7, 11) is 0. The highest BCUT2D eigenvalue weighted by molar-refractivity contribution is 9.10. The zero-order valence-electron chi connectivity index (χ0n) is 8.62. The predicted molar refractivity (Wildman–Crippen MR) is 63.9 cm³/mol. The summed E-state index contributed by atoms with van der Waals surface area (Å²) in [6.07, 6.45) is 9.19. The number of fused-ring (bicyclic) bond motifs is 2. The molecule has 2 aliphatic rings. The number of hydrogen-bond acceptors (Lipinski definition) is 2. The van der Waals surface area contributed by atoms with Crippen LogP contribution >= 0.6 is 15.9 Å². The number of nitrogens with one attached hydrogen (secondary N) is 1. The van der Waals surface area contributed by atoms with Gasteiger partial charge in [0.2, 0.25) is 0 Å². The summed E-state index contributed by atoms with van der Waals surface area (Å²) in [4.78, 5) is 4.26. The number of aromatic nitrogens is 1. The fraction of sp³-hybridized carbons (Fsp3) is 0.583. The maximum atomic E-state index is 4.26. The van der Waals surface area contributed by atoms with E-state index in [1.807, 2.05) is 12.4 Å². The highest BCUT2D eigenvalue weighted by Crippen LogP contribution is 2.37. The summed E-state index contributed by atoms with van der Waals surface area (Å²) in [5.41, 5.74) is 1.41. The van der Waals surface area contributed by atoms with E-state index in [0.29, 0.717) is 5.92 Å². The summed E-state index contributed by atoms with van der Waals surface area (Å²) in [5, 5.41) is 3.67. The fourth-order valence-electron chi connectivity index (χ4n) is 2.98. The molecule has 0 aromatic carbocycles. The Hall–Kier alpha value is -0.410. The van der Waals surface area contributed by atoms with E-state index in [0.717, 1.165) is 16.6 Å². The standard InChI is InChI=1S/C12H15BrN2/c13-10-3-9(6-14-7-10)8-4-11-1-2-12(5-8)15-11/h3,6-8,11-12,15H,1-2,4-5H2/t8?,11-,12+. The molecule has 3 heteroatoms.